The smallest absolute Gasteiger partial charge is 0.274 e. The number of hydrogen-bond donors (Lipinski definition) is 2. The summed E-state index contributed by atoms with van der Waals surface area (Å²) < 4.78 is 30.0. The van der Waals surface area contributed by atoms with Gasteiger partial charge in [0.1, 0.15) is 18.1 Å². The van der Waals surface area contributed by atoms with Gasteiger partial charge in [0, 0.05) is 53.1 Å². The Morgan fingerprint density at radius 3 is 2.65 bits per heavy atom. The normalized spacial score (nSPS) is 15.6. The van der Waals surface area contributed by atoms with Crippen LogP contribution in [0.2, 0.25) is 0 Å². The van der Waals surface area contributed by atoms with Crippen molar-refractivity contribution in [2.45, 2.75) is 10.8 Å². The lowest BCUT2D eigenvalue weighted by molar-refractivity contribution is 0.0984. The molecule has 0 saturated carbocycles. The van der Waals surface area contributed by atoms with Crippen molar-refractivity contribution in [3.63, 3.8) is 0 Å². The van der Waals surface area contributed by atoms with Gasteiger partial charge in [0.25, 0.3) is 5.91 Å². The molecule has 0 fully saturated rings. The second kappa shape index (κ2) is 9.55. The van der Waals surface area contributed by atoms with E-state index < -0.39 is 9.84 Å². The Hall–Kier alpha value is -3.27. The van der Waals surface area contributed by atoms with Crippen LogP contribution < -0.4 is 15.4 Å². The molecule has 5 rings (SSSR count). The van der Waals surface area contributed by atoms with Crippen LogP contribution in [0.25, 0.3) is 21.7 Å². The van der Waals surface area contributed by atoms with Gasteiger partial charge in [-0.15, -0.1) is 11.6 Å². The number of alkyl halides is 1. The number of nitrogens with two attached hydrogens (primary N) is 1. The molecule has 10 heteroatoms. The van der Waals surface area contributed by atoms with Gasteiger partial charge in [-0.2, -0.15) is 0 Å². The SMILES string of the molecule is CN(C)CCOc1ccc2[nH]c(C(=O)N3CC(CCl)c4c3cc(N)c3cc(S(C)(=O)=O)ccc43)cc2c1. The van der Waals surface area contributed by atoms with E-state index in [4.69, 9.17) is 22.1 Å². The molecular weight excluding hydrogens is 512 g/mol. The number of rotatable bonds is 7. The maximum atomic E-state index is 13.7. The molecule has 0 radical (unpaired) electrons. The van der Waals surface area contributed by atoms with Gasteiger partial charge >= 0.3 is 0 Å². The summed E-state index contributed by atoms with van der Waals surface area (Å²) in [6.45, 7) is 1.77. The summed E-state index contributed by atoms with van der Waals surface area (Å²) >= 11 is 6.35. The summed E-state index contributed by atoms with van der Waals surface area (Å²) in [6.07, 6.45) is 1.17. The quantitative estimate of drug-likeness (QED) is 0.268. The molecule has 194 valence electrons. The Morgan fingerprint density at radius 2 is 1.95 bits per heavy atom. The molecule has 8 nitrogen and oxygen atoms in total. The molecule has 3 N–H and O–H groups in total. The van der Waals surface area contributed by atoms with Crippen LogP contribution in [0, 0.1) is 0 Å². The van der Waals surface area contributed by atoms with Gasteiger partial charge in [-0.1, -0.05) is 6.07 Å². The van der Waals surface area contributed by atoms with Crippen molar-refractivity contribution in [2.75, 3.05) is 56.6 Å². The molecule has 0 bridgehead atoms. The first kappa shape index (κ1) is 25.4. The second-order valence-electron chi connectivity index (χ2n) is 9.73. The first-order valence-electron chi connectivity index (χ1n) is 11.9. The average molecular weight is 541 g/mol. The number of carbonyl (C=O) groups excluding carboxylic acids is 1. The van der Waals surface area contributed by atoms with Crippen LogP contribution in [0.1, 0.15) is 22.0 Å². The Morgan fingerprint density at radius 1 is 1.16 bits per heavy atom. The molecule has 0 saturated heterocycles. The van der Waals surface area contributed by atoms with Crippen molar-refractivity contribution in [1.29, 1.82) is 0 Å². The first-order chi connectivity index (χ1) is 17.6. The number of H-pyrrole nitrogens is 1. The van der Waals surface area contributed by atoms with Gasteiger partial charge in [0.2, 0.25) is 0 Å². The molecule has 1 aliphatic heterocycles. The number of nitrogen functional groups attached to an aromatic ring is 1. The fourth-order valence-corrected chi connectivity index (χ4v) is 5.76. The molecule has 2 heterocycles. The second-order valence-corrected chi connectivity index (χ2v) is 12.1. The van der Waals surface area contributed by atoms with Gasteiger partial charge in [-0.25, -0.2) is 8.42 Å². The number of likely N-dealkylation sites (N-methyl/N-ethyl adjacent to an activating group) is 1. The van der Waals surface area contributed by atoms with Gasteiger partial charge in [0.05, 0.1) is 10.6 Å². The number of ether oxygens (including phenoxy) is 1. The van der Waals surface area contributed by atoms with E-state index in [1.807, 2.05) is 43.3 Å². The fraction of sp³-hybridized carbons (Fsp3) is 0.296. The molecule has 0 aliphatic carbocycles. The minimum absolute atomic E-state index is 0.117. The highest BCUT2D eigenvalue weighted by molar-refractivity contribution is 7.90. The van der Waals surface area contributed by atoms with Crippen LogP contribution >= 0.6 is 11.6 Å². The van der Waals surface area contributed by atoms with Crippen LogP contribution in [0.3, 0.4) is 0 Å². The minimum Gasteiger partial charge on any atom is -0.492 e. The lowest BCUT2D eigenvalue weighted by Gasteiger charge is -2.18. The topological polar surface area (TPSA) is 109 Å². The van der Waals surface area contributed by atoms with Gasteiger partial charge in [0.15, 0.2) is 9.84 Å². The molecule has 3 aromatic carbocycles. The zero-order valence-corrected chi connectivity index (χ0v) is 22.5. The van der Waals surface area contributed by atoms with Crippen molar-refractivity contribution in [3.05, 3.63) is 59.8 Å². The third-order valence-electron chi connectivity index (χ3n) is 6.75. The number of nitrogens with one attached hydrogen (secondary N) is 1. The number of aromatic nitrogens is 1. The number of aromatic amines is 1. The number of halogens is 1. The third-order valence-corrected chi connectivity index (χ3v) is 8.23. The predicted octanol–water partition coefficient (Wildman–Crippen LogP) is 4.23. The zero-order valence-electron chi connectivity index (χ0n) is 20.9. The van der Waals surface area contributed by atoms with E-state index in [9.17, 15) is 13.2 Å². The van der Waals surface area contributed by atoms with E-state index in [1.54, 1.807) is 29.2 Å². The number of hydrogen-bond acceptors (Lipinski definition) is 6. The highest BCUT2D eigenvalue weighted by Gasteiger charge is 2.35. The van der Waals surface area contributed by atoms with Crippen LogP contribution in [0.5, 0.6) is 5.75 Å². The van der Waals surface area contributed by atoms with E-state index in [-0.39, 0.29) is 16.7 Å². The van der Waals surface area contributed by atoms with Crippen molar-refractivity contribution < 1.29 is 17.9 Å². The minimum atomic E-state index is -3.39. The Labute approximate surface area is 220 Å². The standard InChI is InChI=1S/C27H29ClN4O4S/c1-31(2)8-9-36-18-4-7-23-16(10-18)11-24(30-23)27(33)32-15-17(14-28)26-20-6-5-19(37(3,34)35)12-21(20)22(29)13-25(26)32/h4-7,10-13,17,30H,8-9,14-15,29H2,1-3H3. The van der Waals surface area contributed by atoms with E-state index in [2.05, 4.69) is 4.98 Å². The molecule has 1 amide bonds. The molecule has 0 spiro atoms. The van der Waals surface area contributed by atoms with Crippen molar-refractivity contribution in [2.24, 2.45) is 0 Å². The third kappa shape index (κ3) is 4.74. The van der Waals surface area contributed by atoms with Gasteiger partial charge in [-0.05, 0) is 67.5 Å². The molecule has 1 aromatic heterocycles. The highest BCUT2D eigenvalue weighted by Crippen LogP contribution is 2.45. The predicted molar refractivity (Wildman–Crippen MR) is 149 cm³/mol. The van der Waals surface area contributed by atoms with Gasteiger partial charge in [-0.3, -0.25) is 4.79 Å². The van der Waals surface area contributed by atoms with E-state index in [0.29, 0.717) is 41.5 Å². The molecule has 37 heavy (non-hydrogen) atoms. The summed E-state index contributed by atoms with van der Waals surface area (Å²) in [5.74, 6) is 0.749. The number of carbonyl (C=O) groups is 1. The number of fused-ring (bicyclic) bond motifs is 4. The Kier molecular flexibility index (Phi) is 6.55. The summed E-state index contributed by atoms with van der Waals surface area (Å²) in [4.78, 5) is 20.9. The number of nitrogens with zero attached hydrogens (tertiary/aromatic N) is 2. The Balaban J connectivity index is 1.51. The van der Waals surface area contributed by atoms with Crippen molar-refractivity contribution in [1.82, 2.24) is 9.88 Å². The first-order valence-corrected chi connectivity index (χ1v) is 14.3. The highest BCUT2D eigenvalue weighted by atomic mass is 35.5. The van der Waals surface area contributed by atoms with Crippen LogP contribution in [0.15, 0.2) is 53.4 Å². The number of anilines is 2. The average Bonchev–Trinajstić information content (AvgIpc) is 3.44. The lowest BCUT2D eigenvalue weighted by Crippen LogP contribution is -2.30. The molecule has 4 aromatic rings. The van der Waals surface area contributed by atoms with Crippen LogP contribution in [-0.4, -0.2) is 70.1 Å². The molecule has 1 unspecified atom stereocenters. The fourth-order valence-electron chi connectivity index (χ4n) is 4.86. The number of benzene rings is 3. The maximum Gasteiger partial charge on any atom is 0.274 e. The summed E-state index contributed by atoms with van der Waals surface area (Å²) in [5.41, 5.74) is 9.67. The van der Waals surface area contributed by atoms with Crippen molar-refractivity contribution in [3.8, 4) is 5.75 Å². The van der Waals surface area contributed by atoms with Crippen molar-refractivity contribution >= 4 is 60.4 Å². The van der Waals surface area contributed by atoms with E-state index in [1.165, 1.54) is 6.26 Å². The Bertz CT molecular complexity index is 1630. The molecule has 1 aliphatic rings. The largest absolute Gasteiger partial charge is 0.492 e. The molecule has 1 atom stereocenters. The summed E-state index contributed by atoms with van der Waals surface area (Å²) in [6, 6.07) is 14.2. The van der Waals surface area contributed by atoms with Crippen LogP contribution in [0.4, 0.5) is 11.4 Å². The number of sulfone groups is 1. The molecular formula is C27H29ClN4O4S. The maximum absolute atomic E-state index is 13.7. The zero-order chi connectivity index (χ0) is 26.5. The number of amides is 1. The van der Waals surface area contributed by atoms with Crippen LogP contribution in [-0.2, 0) is 9.84 Å². The monoisotopic (exact) mass is 540 g/mol. The summed E-state index contributed by atoms with van der Waals surface area (Å²) in [7, 11) is 0.592. The van der Waals surface area contributed by atoms with E-state index in [0.717, 1.165) is 34.1 Å². The van der Waals surface area contributed by atoms with E-state index >= 15 is 0 Å². The summed E-state index contributed by atoms with van der Waals surface area (Å²) in [5, 5.41) is 2.32. The lowest BCUT2D eigenvalue weighted by atomic mass is 9.95. The van der Waals surface area contributed by atoms with Gasteiger partial charge < -0.3 is 25.3 Å².